The van der Waals surface area contributed by atoms with E-state index in [-0.39, 0.29) is 5.78 Å². The van der Waals surface area contributed by atoms with E-state index in [1.54, 1.807) is 0 Å². The Labute approximate surface area is 113 Å². The zero-order valence-corrected chi connectivity index (χ0v) is 11.0. The summed E-state index contributed by atoms with van der Waals surface area (Å²) in [6.07, 6.45) is 1.49. The standard InChI is InChI=1S/C18H16O/c1-13-7-9-14(10-8-13)16-11-12-17(19)18(16)15-5-3-2-4-6-15/h2-10H,11-12H2,1H3. The average molecular weight is 248 g/mol. The normalized spacial score (nSPS) is 15.1. The molecule has 1 nitrogen and oxygen atoms in total. The van der Waals surface area contributed by atoms with Crippen LogP contribution in [0.5, 0.6) is 0 Å². The van der Waals surface area contributed by atoms with E-state index in [0.29, 0.717) is 6.42 Å². The van der Waals surface area contributed by atoms with E-state index in [9.17, 15) is 4.79 Å². The molecule has 0 bridgehead atoms. The van der Waals surface area contributed by atoms with Crippen LogP contribution in [-0.4, -0.2) is 5.78 Å². The molecule has 0 aliphatic heterocycles. The number of carbonyl (C=O) groups is 1. The van der Waals surface area contributed by atoms with Gasteiger partial charge in [0.2, 0.25) is 0 Å². The van der Waals surface area contributed by atoms with Crippen LogP contribution in [0, 0.1) is 6.92 Å². The predicted molar refractivity (Wildman–Crippen MR) is 78.7 cm³/mol. The first-order valence-electron chi connectivity index (χ1n) is 6.64. The van der Waals surface area contributed by atoms with Gasteiger partial charge in [0.25, 0.3) is 0 Å². The van der Waals surface area contributed by atoms with Crippen molar-refractivity contribution in [2.45, 2.75) is 19.8 Å². The number of Topliss-reactive ketones (excluding diaryl/α,β-unsaturated/α-hetero) is 1. The van der Waals surface area contributed by atoms with E-state index in [1.807, 2.05) is 30.3 Å². The van der Waals surface area contributed by atoms with Gasteiger partial charge in [0.1, 0.15) is 0 Å². The highest BCUT2D eigenvalue weighted by Gasteiger charge is 2.24. The molecule has 94 valence electrons. The summed E-state index contributed by atoms with van der Waals surface area (Å²) >= 11 is 0. The van der Waals surface area contributed by atoms with Gasteiger partial charge in [-0.25, -0.2) is 0 Å². The summed E-state index contributed by atoms with van der Waals surface area (Å²) in [6, 6.07) is 18.4. The molecular weight excluding hydrogens is 232 g/mol. The average Bonchev–Trinajstić information content (AvgIpc) is 2.82. The van der Waals surface area contributed by atoms with Gasteiger partial charge in [0.05, 0.1) is 0 Å². The predicted octanol–water partition coefficient (Wildman–Crippen LogP) is 4.27. The second kappa shape index (κ2) is 4.85. The lowest BCUT2D eigenvalue weighted by Gasteiger charge is -2.07. The summed E-state index contributed by atoms with van der Waals surface area (Å²) in [5.41, 5.74) is 5.56. The van der Waals surface area contributed by atoms with Crippen molar-refractivity contribution in [3.8, 4) is 0 Å². The second-order valence-electron chi connectivity index (χ2n) is 5.01. The van der Waals surface area contributed by atoms with Gasteiger partial charge < -0.3 is 0 Å². The number of benzene rings is 2. The molecule has 0 fully saturated rings. The van der Waals surface area contributed by atoms with Crippen molar-refractivity contribution in [3.05, 3.63) is 71.3 Å². The summed E-state index contributed by atoms with van der Waals surface area (Å²) in [7, 11) is 0. The molecule has 0 N–H and O–H groups in total. The molecule has 0 amide bonds. The Kier molecular flexibility index (Phi) is 3.04. The number of hydrogen-bond donors (Lipinski definition) is 0. The molecule has 0 saturated carbocycles. The lowest BCUT2D eigenvalue weighted by molar-refractivity contribution is -0.113. The highest BCUT2D eigenvalue weighted by Crippen LogP contribution is 2.37. The number of rotatable bonds is 2. The van der Waals surface area contributed by atoms with Crippen LogP contribution in [0.4, 0.5) is 0 Å². The maximum Gasteiger partial charge on any atom is 0.164 e. The maximum absolute atomic E-state index is 12.2. The summed E-state index contributed by atoms with van der Waals surface area (Å²) in [5, 5.41) is 0. The van der Waals surface area contributed by atoms with Crippen LogP contribution in [0.15, 0.2) is 54.6 Å². The number of ketones is 1. The molecule has 0 aromatic heterocycles. The van der Waals surface area contributed by atoms with Crippen LogP contribution in [0.3, 0.4) is 0 Å². The van der Waals surface area contributed by atoms with Crippen LogP contribution < -0.4 is 0 Å². The third-order valence-electron chi connectivity index (χ3n) is 3.65. The van der Waals surface area contributed by atoms with E-state index >= 15 is 0 Å². The Morgan fingerprint density at radius 1 is 0.789 bits per heavy atom. The SMILES string of the molecule is Cc1ccc(C2=C(c3ccccc3)C(=O)CC2)cc1. The molecule has 3 rings (SSSR count). The van der Waals surface area contributed by atoms with E-state index in [0.717, 1.165) is 17.6 Å². The zero-order chi connectivity index (χ0) is 13.2. The van der Waals surface area contributed by atoms with Crippen LogP contribution in [-0.2, 0) is 4.79 Å². The monoisotopic (exact) mass is 248 g/mol. The third-order valence-corrected chi connectivity index (χ3v) is 3.65. The lowest BCUT2D eigenvalue weighted by atomic mass is 9.96. The molecule has 0 heterocycles. The van der Waals surface area contributed by atoms with Crippen molar-refractivity contribution in [1.29, 1.82) is 0 Å². The van der Waals surface area contributed by atoms with Crippen LogP contribution in [0.1, 0.15) is 29.5 Å². The minimum absolute atomic E-state index is 0.266. The summed E-state index contributed by atoms with van der Waals surface area (Å²) in [6.45, 7) is 2.08. The van der Waals surface area contributed by atoms with E-state index in [4.69, 9.17) is 0 Å². The topological polar surface area (TPSA) is 17.1 Å². The maximum atomic E-state index is 12.2. The summed E-state index contributed by atoms with van der Waals surface area (Å²) in [4.78, 5) is 12.2. The van der Waals surface area contributed by atoms with Gasteiger partial charge in [-0.05, 0) is 30.0 Å². The van der Waals surface area contributed by atoms with Crippen molar-refractivity contribution >= 4 is 16.9 Å². The van der Waals surface area contributed by atoms with E-state index < -0.39 is 0 Å². The molecule has 0 spiro atoms. The highest BCUT2D eigenvalue weighted by atomic mass is 16.1. The minimum atomic E-state index is 0.266. The number of hydrogen-bond acceptors (Lipinski definition) is 1. The fourth-order valence-corrected chi connectivity index (χ4v) is 2.64. The molecule has 1 heteroatoms. The van der Waals surface area contributed by atoms with Crippen molar-refractivity contribution in [1.82, 2.24) is 0 Å². The van der Waals surface area contributed by atoms with Crippen molar-refractivity contribution in [2.75, 3.05) is 0 Å². The quantitative estimate of drug-likeness (QED) is 0.775. The van der Waals surface area contributed by atoms with Gasteiger partial charge >= 0.3 is 0 Å². The Bertz CT molecular complexity index is 633. The molecule has 0 saturated heterocycles. The van der Waals surface area contributed by atoms with Gasteiger partial charge in [-0.3, -0.25) is 4.79 Å². The van der Waals surface area contributed by atoms with Crippen molar-refractivity contribution in [3.63, 3.8) is 0 Å². The Hall–Kier alpha value is -2.15. The second-order valence-corrected chi connectivity index (χ2v) is 5.01. The van der Waals surface area contributed by atoms with Crippen LogP contribution in [0.2, 0.25) is 0 Å². The molecule has 1 aliphatic carbocycles. The van der Waals surface area contributed by atoms with Gasteiger partial charge in [-0.2, -0.15) is 0 Å². The fraction of sp³-hybridized carbons (Fsp3) is 0.167. The Balaban J connectivity index is 2.13. The van der Waals surface area contributed by atoms with Gasteiger partial charge in [-0.1, -0.05) is 60.2 Å². The molecule has 0 unspecified atom stereocenters. The first-order valence-corrected chi connectivity index (χ1v) is 6.64. The number of aryl methyl sites for hydroxylation is 1. The minimum Gasteiger partial charge on any atom is -0.294 e. The molecule has 0 radical (unpaired) electrons. The lowest BCUT2D eigenvalue weighted by Crippen LogP contribution is -1.95. The summed E-state index contributed by atoms with van der Waals surface area (Å²) in [5.74, 6) is 0.266. The number of allylic oxidation sites excluding steroid dienone is 2. The van der Waals surface area contributed by atoms with E-state index in [1.165, 1.54) is 16.7 Å². The highest BCUT2D eigenvalue weighted by molar-refractivity contribution is 6.31. The van der Waals surface area contributed by atoms with Gasteiger partial charge in [0, 0.05) is 12.0 Å². The van der Waals surface area contributed by atoms with Crippen molar-refractivity contribution in [2.24, 2.45) is 0 Å². The molecule has 19 heavy (non-hydrogen) atoms. The van der Waals surface area contributed by atoms with Crippen LogP contribution >= 0.6 is 0 Å². The Morgan fingerprint density at radius 3 is 2.16 bits per heavy atom. The number of carbonyl (C=O) groups excluding carboxylic acids is 1. The Morgan fingerprint density at radius 2 is 1.47 bits per heavy atom. The van der Waals surface area contributed by atoms with Gasteiger partial charge in [0.15, 0.2) is 5.78 Å². The molecule has 2 aromatic carbocycles. The smallest absolute Gasteiger partial charge is 0.164 e. The van der Waals surface area contributed by atoms with Crippen molar-refractivity contribution < 1.29 is 4.79 Å². The fourth-order valence-electron chi connectivity index (χ4n) is 2.64. The largest absolute Gasteiger partial charge is 0.294 e. The molecule has 1 aliphatic rings. The van der Waals surface area contributed by atoms with E-state index in [2.05, 4.69) is 31.2 Å². The summed E-state index contributed by atoms with van der Waals surface area (Å²) < 4.78 is 0. The van der Waals surface area contributed by atoms with Crippen LogP contribution in [0.25, 0.3) is 11.1 Å². The van der Waals surface area contributed by atoms with Gasteiger partial charge in [-0.15, -0.1) is 0 Å². The molecule has 0 atom stereocenters. The first-order chi connectivity index (χ1) is 9.25. The first kappa shape index (κ1) is 11.9. The molecular formula is C18H16O. The third kappa shape index (κ3) is 2.24. The zero-order valence-electron chi connectivity index (χ0n) is 11.0. The molecule has 2 aromatic rings.